The number of amides is 2. The Labute approximate surface area is 181 Å². The van der Waals surface area contributed by atoms with Gasteiger partial charge in [0.25, 0.3) is 0 Å². The van der Waals surface area contributed by atoms with Gasteiger partial charge in [-0.3, -0.25) is 9.59 Å². The van der Waals surface area contributed by atoms with E-state index in [0.717, 1.165) is 5.56 Å². The highest BCUT2D eigenvalue weighted by atomic mass is 35.6. The number of hydrogen-bond donors (Lipinski definition) is 2. The number of ether oxygens (including phenoxy) is 2. The van der Waals surface area contributed by atoms with Crippen molar-refractivity contribution < 1.29 is 23.9 Å². The fourth-order valence-electron chi connectivity index (χ4n) is 2.25. The molecular weight excluding hydrogens is 451 g/mol. The molecule has 2 N–H and O–H groups in total. The molecule has 11 heteroatoms. The average molecular weight is 470 g/mol. The summed E-state index contributed by atoms with van der Waals surface area (Å²) in [5.74, 6) is -0.121. The predicted octanol–water partition coefficient (Wildman–Crippen LogP) is 2.81. The van der Waals surface area contributed by atoms with E-state index < -0.39 is 28.7 Å². The van der Waals surface area contributed by atoms with E-state index in [4.69, 9.17) is 39.5 Å². The van der Waals surface area contributed by atoms with Gasteiger partial charge in [-0.1, -0.05) is 65.1 Å². The Morgan fingerprint density at radius 1 is 1.29 bits per heavy atom. The smallest absolute Gasteiger partial charge is 0.430 e. The SMILES string of the molecule is CC(CS[C@H]1NC(=O)[C@H]1NC(=O)Cc1ccccc1)OC(=O)OCC(Cl)(Cl)Cl. The monoisotopic (exact) mass is 468 g/mol. The third kappa shape index (κ3) is 7.95. The summed E-state index contributed by atoms with van der Waals surface area (Å²) in [4.78, 5) is 35.4. The molecule has 1 saturated heterocycles. The quantitative estimate of drug-likeness (QED) is 0.345. The van der Waals surface area contributed by atoms with Crippen LogP contribution >= 0.6 is 46.6 Å². The molecule has 1 fully saturated rings. The van der Waals surface area contributed by atoms with Crippen LogP contribution in [-0.2, 0) is 25.5 Å². The second-order valence-corrected chi connectivity index (χ2v) is 9.74. The highest BCUT2D eigenvalue weighted by molar-refractivity contribution is 8.00. The molecule has 1 aromatic rings. The van der Waals surface area contributed by atoms with Crippen LogP contribution in [0.1, 0.15) is 12.5 Å². The molecule has 0 aliphatic carbocycles. The van der Waals surface area contributed by atoms with Gasteiger partial charge in [-0.05, 0) is 12.5 Å². The Hall–Kier alpha value is -1.35. The van der Waals surface area contributed by atoms with E-state index in [1.165, 1.54) is 11.8 Å². The molecule has 7 nitrogen and oxygen atoms in total. The number of carbonyl (C=O) groups is 3. The molecule has 0 bridgehead atoms. The van der Waals surface area contributed by atoms with Gasteiger partial charge in [0, 0.05) is 5.75 Å². The number of benzene rings is 1. The van der Waals surface area contributed by atoms with E-state index in [-0.39, 0.29) is 23.6 Å². The summed E-state index contributed by atoms with van der Waals surface area (Å²) in [6.45, 7) is 1.23. The summed E-state index contributed by atoms with van der Waals surface area (Å²) in [5, 5.41) is 5.11. The van der Waals surface area contributed by atoms with Crippen LogP contribution in [0.25, 0.3) is 0 Å². The first kappa shape index (κ1) is 22.9. The summed E-state index contributed by atoms with van der Waals surface area (Å²) >= 11 is 17.8. The zero-order valence-corrected chi connectivity index (χ0v) is 17.9. The maximum atomic E-state index is 12.1. The van der Waals surface area contributed by atoms with Crippen LogP contribution in [0.3, 0.4) is 0 Å². The van der Waals surface area contributed by atoms with Gasteiger partial charge in [0.15, 0.2) is 0 Å². The van der Waals surface area contributed by atoms with E-state index in [1.54, 1.807) is 6.92 Å². The molecule has 0 radical (unpaired) electrons. The molecule has 1 unspecified atom stereocenters. The Bertz CT molecular complexity index is 702. The highest BCUT2D eigenvalue weighted by Gasteiger charge is 2.40. The zero-order valence-electron chi connectivity index (χ0n) is 14.8. The Morgan fingerprint density at radius 3 is 2.57 bits per heavy atom. The molecule has 1 aliphatic heterocycles. The lowest BCUT2D eigenvalue weighted by Gasteiger charge is -2.36. The first-order valence-electron chi connectivity index (χ1n) is 8.29. The lowest BCUT2D eigenvalue weighted by atomic mass is 10.1. The third-order valence-electron chi connectivity index (χ3n) is 3.56. The molecule has 0 saturated carbocycles. The van der Waals surface area contributed by atoms with Gasteiger partial charge in [0.1, 0.15) is 24.1 Å². The van der Waals surface area contributed by atoms with Gasteiger partial charge >= 0.3 is 6.16 Å². The summed E-state index contributed by atoms with van der Waals surface area (Å²) < 4.78 is 8.00. The lowest BCUT2D eigenvalue weighted by Crippen LogP contribution is -2.68. The van der Waals surface area contributed by atoms with Gasteiger partial charge in [0.2, 0.25) is 15.6 Å². The minimum Gasteiger partial charge on any atom is -0.430 e. The van der Waals surface area contributed by atoms with Crippen LogP contribution in [0.4, 0.5) is 4.79 Å². The van der Waals surface area contributed by atoms with Crippen molar-refractivity contribution in [3.8, 4) is 0 Å². The summed E-state index contributed by atoms with van der Waals surface area (Å²) in [7, 11) is 0. The Balaban J connectivity index is 1.71. The minimum atomic E-state index is -1.71. The average Bonchev–Trinajstić information content (AvgIpc) is 2.61. The number of halogens is 3. The summed E-state index contributed by atoms with van der Waals surface area (Å²) in [5.41, 5.74) is 0.860. The third-order valence-corrected chi connectivity index (χ3v) is 5.29. The fraction of sp³-hybridized carbons (Fsp3) is 0.471. The first-order valence-corrected chi connectivity index (χ1v) is 10.5. The first-order chi connectivity index (χ1) is 13.1. The predicted molar refractivity (Wildman–Crippen MR) is 109 cm³/mol. The topological polar surface area (TPSA) is 93.7 Å². The van der Waals surface area contributed by atoms with Crippen molar-refractivity contribution >= 4 is 64.5 Å². The second-order valence-electron chi connectivity index (χ2n) is 6.05. The number of hydrogen-bond acceptors (Lipinski definition) is 6. The molecule has 2 rings (SSSR count). The number of carbonyl (C=O) groups excluding carboxylic acids is 3. The highest BCUT2D eigenvalue weighted by Crippen LogP contribution is 2.26. The second kappa shape index (κ2) is 10.4. The molecule has 1 heterocycles. The van der Waals surface area contributed by atoms with Gasteiger partial charge in [-0.25, -0.2) is 4.79 Å². The van der Waals surface area contributed by atoms with Crippen molar-refractivity contribution in [1.82, 2.24) is 10.6 Å². The number of alkyl halides is 3. The van der Waals surface area contributed by atoms with Gasteiger partial charge in [-0.15, -0.1) is 11.8 Å². The standard InChI is InChI=1S/C17H19Cl3N2O5S/c1-10(27-16(25)26-9-17(18,19)20)8-28-15-13(14(24)22-15)21-12(23)7-11-5-3-2-4-6-11/h2-6,10,13,15H,7-9H2,1H3,(H,21,23)(H,22,24)/t10?,13-,15-/m1/s1. The van der Waals surface area contributed by atoms with Gasteiger partial charge < -0.3 is 20.1 Å². The molecule has 28 heavy (non-hydrogen) atoms. The van der Waals surface area contributed by atoms with Crippen molar-refractivity contribution in [3.63, 3.8) is 0 Å². The number of nitrogens with one attached hydrogen (secondary N) is 2. The normalized spacial score (nSPS) is 19.8. The number of thioether (sulfide) groups is 1. The molecular formula is C17H19Cl3N2O5S. The summed E-state index contributed by atoms with van der Waals surface area (Å²) in [6, 6.07) is 8.60. The zero-order chi connectivity index (χ0) is 20.7. The molecule has 1 aliphatic rings. The number of β-lactam (4-membered cyclic amide) rings is 1. The van der Waals surface area contributed by atoms with Crippen LogP contribution < -0.4 is 10.6 Å². The van der Waals surface area contributed by atoms with E-state index in [1.807, 2.05) is 30.3 Å². The Morgan fingerprint density at radius 2 is 1.96 bits per heavy atom. The van der Waals surface area contributed by atoms with E-state index in [2.05, 4.69) is 15.4 Å². The minimum absolute atomic E-state index is 0.191. The fourth-order valence-corrected chi connectivity index (χ4v) is 3.55. The molecule has 0 aromatic heterocycles. The van der Waals surface area contributed by atoms with Crippen molar-refractivity contribution in [3.05, 3.63) is 35.9 Å². The maximum absolute atomic E-state index is 12.1. The van der Waals surface area contributed by atoms with Crippen molar-refractivity contribution in [2.45, 2.75) is 34.7 Å². The van der Waals surface area contributed by atoms with E-state index in [9.17, 15) is 14.4 Å². The van der Waals surface area contributed by atoms with E-state index >= 15 is 0 Å². The lowest BCUT2D eigenvalue weighted by molar-refractivity contribution is -0.134. The Kier molecular flexibility index (Phi) is 8.55. The van der Waals surface area contributed by atoms with Crippen LogP contribution in [0.5, 0.6) is 0 Å². The molecule has 1 aromatic carbocycles. The van der Waals surface area contributed by atoms with Crippen molar-refractivity contribution in [2.75, 3.05) is 12.4 Å². The van der Waals surface area contributed by atoms with Crippen LogP contribution in [0, 0.1) is 0 Å². The van der Waals surface area contributed by atoms with Gasteiger partial charge in [-0.2, -0.15) is 0 Å². The molecule has 154 valence electrons. The van der Waals surface area contributed by atoms with Crippen LogP contribution in [0.2, 0.25) is 0 Å². The van der Waals surface area contributed by atoms with Crippen LogP contribution in [-0.4, -0.2) is 51.6 Å². The molecule has 2 amide bonds. The largest absolute Gasteiger partial charge is 0.508 e. The van der Waals surface area contributed by atoms with Crippen molar-refractivity contribution in [1.29, 1.82) is 0 Å². The van der Waals surface area contributed by atoms with Crippen LogP contribution in [0.15, 0.2) is 30.3 Å². The van der Waals surface area contributed by atoms with E-state index in [0.29, 0.717) is 5.75 Å². The number of rotatable bonds is 8. The molecule has 0 spiro atoms. The van der Waals surface area contributed by atoms with Crippen molar-refractivity contribution in [2.24, 2.45) is 0 Å². The summed E-state index contributed by atoms with van der Waals surface area (Å²) in [6.07, 6.45) is -1.27. The molecule has 3 atom stereocenters. The maximum Gasteiger partial charge on any atom is 0.508 e. The van der Waals surface area contributed by atoms with Gasteiger partial charge in [0.05, 0.1) is 6.42 Å².